The lowest BCUT2D eigenvalue weighted by Crippen LogP contribution is -2.44. The van der Waals surface area contributed by atoms with Crippen LogP contribution in [0.5, 0.6) is 0 Å². The van der Waals surface area contributed by atoms with Crippen LogP contribution in [-0.2, 0) is 9.59 Å². The van der Waals surface area contributed by atoms with Crippen molar-refractivity contribution in [2.24, 2.45) is 0 Å². The number of nitrogens with zero attached hydrogens (tertiary/aromatic N) is 1. The van der Waals surface area contributed by atoms with Crippen LogP contribution in [0.15, 0.2) is 66.7 Å². The Labute approximate surface area is 216 Å². The number of fused-ring (bicyclic) bond motifs is 1. The first-order chi connectivity index (χ1) is 16.2. The Morgan fingerprint density at radius 1 is 1.00 bits per heavy atom. The summed E-state index contributed by atoms with van der Waals surface area (Å²) in [5.41, 5.74) is 2.49. The highest BCUT2D eigenvalue weighted by Crippen LogP contribution is 2.38. The Morgan fingerprint density at radius 3 is 2.21 bits per heavy atom. The second-order valence-electron chi connectivity index (χ2n) is 8.41. The SMILES string of the molecule is CC(C)c1ccc(C(C(=O)O)N2C(=O)c3cc(I)ccc3NC(=O)C2c2ccc(Cl)cc2)cc1. The highest BCUT2D eigenvalue weighted by atomic mass is 127. The van der Waals surface area contributed by atoms with Gasteiger partial charge < -0.3 is 15.3 Å². The summed E-state index contributed by atoms with van der Waals surface area (Å²) in [6.07, 6.45) is 0. The van der Waals surface area contributed by atoms with E-state index in [1.54, 1.807) is 54.6 Å². The molecule has 34 heavy (non-hydrogen) atoms. The lowest BCUT2D eigenvalue weighted by atomic mass is 9.95. The number of carboxylic acids is 1. The van der Waals surface area contributed by atoms with Gasteiger partial charge in [-0.2, -0.15) is 0 Å². The van der Waals surface area contributed by atoms with E-state index < -0.39 is 29.9 Å². The number of carbonyl (C=O) groups excluding carboxylic acids is 2. The van der Waals surface area contributed by atoms with Gasteiger partial charge in [0.2, 0.25) is 0 Å². The van der Waals surface area contributed by atoms with E-state index in [1.165, 1.54) is 0 Å². The number of hydrogen-bond acceptors (Lipinski definition) is 3. The molecule has 1 aliphatic rings. The molecule has 0 spiro atoms. The van der Waals surface area contributed by atoms with Gasteiger partial charge in [0.1, 0.15) is 6.04 Å². The monoisotopic (exact) mass is 588 g/mol. The number of anilines is 1. The zero-order chi connectivity index (χ0) is 24.6. The molecule has 2 amide bonds. The Bertz CT molecular complexity index is 1260. The zero-order valence-corrected chi connectivity index (χ0v) is 21.4. The number of carboxylic acid groups (broad SMARTS) is 1. The van der Waals surface area contributed by atoms with E-state index >= 15 is 0 Å². The topological polar surface area (TPSA) is 86.7 Å². The van der Waals surface area contributed by atoms with Crippen molar-refractivity contribution in [3.63, 3.8) is 0 Å². The smallest absolute Gasteiger partial charge is 0.331 e. The normalized spacial score (nSPS) is 16.6. The second kappa shape index (κ2) is 9.76. The maximum atomic E-state index is 13.9. The predicted molar refractivity (Wildman–Crippen MR) is 139 cm³/mol. The summed E-state index contributed by atoms with van der Waals surface area (Å²) < 4.78 is 0.789. The van der Waals surface area contributed by atoms with Gasteiger partial charge in [-0.1, -0.05) is 61.8 Å². The first kappa shape index (κ1) is 24.2. The van der Waals surface area contributed by atoms with Gasteiger partial charge in [-0.25, -0.2) is 4.79 Å². The largest absolute Gasteiger partial charge is 0.479 e. The lowest BCUT2D eigenvalue weighted by molar-refractivity contribution is -0.144. The Kier molecular flexibility index (Phi) is 6.95. The van der Waals surface area contributed by atoms with E-state index in [0.717, 1.165) is 14.0 Å². The maximum Gasteiger partial charge on any atom is 0.331 e. The van der Waals surface area contributed by atoms with Gasteiger partial charge in [-0.05, 0) is 75.5 Å². The van der Waals surface area contributed by atoms with E-state index in [0.29, 0.717) is 21.8 Å². The van der Waals surface area contributed by atoms with Crippen LogP contribution in [0.2, 0.25) is 5.02 Å². The molecule has 0 bridgehead atoms. The van der Waals surface area contributed by atoms with Crippen LogP contribution in [0.3, 0.4) is 0 Å². The summed E-state index contributed by atoms with van der Waals surface area (Å²) >= 11 is 8.13. The van der Waals surface area contributed by atoms with Gasteiger partial charge in [-0.15, -0.1) is 0 Å². The molecule has 2 unspecified atom stereocenters. The minimum Gasteiger partial charge on any atom is -0.479 e. The molecule has 1 aliphatic heterocycles. The zero-order valence-electron chi connectivity index (χ0n) is 18.5. The summed E-state index contributed by atoms with van der Waals surface area (Å²) in [7, 11) is 0. The third-order valence-corrected chi connectivity index (χ3v) is 6.77. The number of aliphatic carboxylic acids is 1. The van der Waals surface area contributed by atoms with E-state index in [9.17, 15) is 19.5 Å². The second-order valence-corrected chi connectivity index (χ2v) is 10.1. The third kappa shape index (κ3) is 4.67. The van der Waals surface area contributed by atoms with Crippen LogP contribution in [0.25, 0.3) is 0 Å². The van der Waals surface area contributed by atoms with Gasteiger partial charge in [0.05, 0.1) is 11.3 Å². The maximum absolute atomic E-state index is 13.9. The molecule has 174 valence electrons. The fraction of sp³-hybridized carbons (Fsp3) is 0.192. The van der Waals surface area contributed by atoms with Crippen molar-refractivity contribution in [1.82, 2.24) is 4.90 Å². The standard InChI is InChI=1S/C26H22ClIN2O4/c1-14(2)15-3-5-17(6-4-15)23(26(33)34)30-22(16-7-9-18(27)10-8-16)24(31)29-21-12-11-19(28)13-20(21)25(30)32/h3-14,22-23H,1-2H3,(H,29,31)(H,33,34). The number of hydrogen-bond donors (Lipinski definition) is 2. The van der Waals surface area contributed by atoms with Gasteiger partial charge in [0, 0.05) is 8.59 Å². The minimum atomic E-state index is -1.39. The number of nitrogens with one attached hydrogen (secondary N) is 1. The summed E-state index contributed by atoms with van der Waals surface area (Å²) in [5, 5.41) is 13.6. The Balaban J connectivity index is 1.93. The van der Waals surface area contributed by atoms with E-state index in [2.05, 4.69) is 27.9 Å². The molecule has 8 heteroatoms. The molecular formula is C26H22ClIN2O4. The number of carbonyl (C=O) groups is 3. The van der Waals surface area contributed by atoms with Gasteiger partial charge in [-0.3, -0.25) is 9.59 Å². The summed E-state index contributed by atoms with van der Waals surface area (Å²) in [6, 6.07) is 16.1. The average molecular weight is 589 g/mol. The Morgan fingerprint density at radius 2 is 1.62 bits per heavy atom. The van der Waals surface area contributed by atoms with Crippen LogP contribution in [-0.4, -0.2) is 27.8 Å². The summed E-state index contributed by atoms with van der Waals surface area (Å²) in [6.45, 7) is 4.09. The van der Waals surface area contributed by atoms with Crippen LogP contribution < -0.4 is 5.32 Å². The molecule has 0 aromatic heterocycles. The Hall–Kier alpha value is -2.91. The molecule has 3 aromatic carbocycles. The summed E-state index contributed by atoms with van der Waals surface area (Å²) in [5.74, 6) is -2.02. The number of halogens is 2. The molecule has 6 nitrogen and oxygen atoms in total. The fourth-order valence-corrected chi connectivity index (χ4v) is 4.71. The molecule has 3 aromatic rings. The molecule has 0 aliphatic carbocycles. The fourth-order valence-electron chi connectivity index (χ4n) is 4.09. The molecule has 2 N–H and O–H groups in total. The van der Waals surface area contributed by atoms with Gasteiger partial charge in [0.25, 0.3) is 11.8 Å². The molecular weight excluding hydrogens is 567 g/mol. The van der Waals surface area contributed by atoms with Crippen LogP contribution in [0, 0.1) is 3.57 Å². The number of benzene rings is 3. The third-order valence-electron chi connectivity index (χ3n) is 5.85. The molecule has 0 fully saturated rings. The van der Waals surface area contributed by atoms with Gasteiger partial charge >= 0.3 is 5.97 Å². The van der Waals surface area contributed by atoms with Gasteiger partial charge in [0.15, 0.2) is 6.04 Å². The summed E-state index contributed by atoms with van der Waals surface area (Å²) in [4.78, 5) is 41.2. The van der Waals surface area contributed by atoms with Crippen LogP contribution in [0.1, 0.15) is 58.9 Å². The van der Waals surface area contributed by atoms with Crippen LogP contribution >= 0.6 is 34.2 Å². The molecule has 0 saturated carbocycles. The first-order valence-electron chi connectivity index (χ1n) is 10.7. The average Bonchev–Trinajstić information content (AvgIpc) is 2.89. The van der Waals surface area contributed by atoms with Crippen molar-refractivity contribution in [1.29, 1.82) is 0 Å². The van der Waals surface area contributed by atoms with Crippen molar-refractivity contribution in [2.45, 2.75) is 31.8 Å². The first-order valence-corrected chi connectivity index (χ1v) is 12.1. The molecule has 1 heterocycles. The van der Waals surface area contributed by atoms with Crippen molar-refractivity contribution >= 4 is 57.7 Å². The van der Waals surface area contributed by atoms with Crippen molar-refractivity contribution < 1.29 is 19.5 Å². The van der Waals surface area contributed by atoms with E-state index in [4.69, 9.17) is 11.6 Å². The van der Waals surface area contributed by atoms with Crippen molar-refractivity contribution in [3.05, 3.63) is 97.6 Å². The highest BCUT2D eigenvalue weighted by molar-refractivity contribution is 14.1. The minimum absolute atomic E-state index is 0.238. The quantitative estimate of drug-likeness (QED) is 0.357. The lowest BCUT2D eigenvalue weighted by Gasteiger charge is -2.34. The van der Waals surface area contributed by atoms with E-state index in [-0.39, 0.29) is 11.5 Å². The number of rotatable bonds is 5. The molecule has 4 rings (SSSR count). The van der Waals surface area contributed by atoms with Crippen molar-refractivity contribution in [3.8, 4) is 0 Å². The van der Waals surface area contributed by atoms with E-state index in [1.807, 2.05) is 26.0 Å². The number of amides is 2. The molecule has 0 radical (unpaired) electrons. The predicted octanol–water partition coefficient (Wildman–Crippen LogP) is 6.03. The highest BCUT2D eigenvalue weighted by Gasteiger charge is 2.43. The molecule has 2 atom stereocenters. The van der Waals surface area contributed by atoms with Crippen LogP contribution in [0.4, 0.5) is 5.69 Å². The van der Waals surface area contributed by atoms with Crippen molar-refractivity contribution in [2.75, 3.05) is 5.32 Å². The molecule has 0 saturated heterocycles.